The molecule has 0 saturated heterocycles. The zero-order valence-corrected chi connectivity index (χ0v) is 11.6. The maximum Gasteiger partial charge on any atom is 0.124 e. The van der Waals surface area contributed by atoms with E-state index in [2.05, 4.69) is 6.07 Å². The summed E-state index contributed by atoms with van der Waals surface area (Å²) in [6.45, 7) is 6.56. The average molecular weight is 265 g/mol. The van der Waals surface area contributed by atoms with Crippen molar-refractivity contribution in [1.29, 1.82) is 0 Å². The Morgan fingerprint density at radius 3 is 2.61 bits per heavy atom. The Balaban J connectivity index is 2.43. The molecule has 2 nitrogen and oxygen atoms in total. The van der Waals surface area contributed by atoms with Crippen molar-refractivity contribution in [3.63, 3.8) is 0 Å². The molecule has 1 aromatic heterocycles. The molecule has 0 saturated carbocycles. The lowest BCUT2D eigenvalue weighted by Crippen LogP contribution is -2.01. The lowest BCUT2D eigenvalue weighted by molar-refractivity contribution is 0.336. The first-order valence-electron chi connectivity index (χ1n) is 6.05. The van der Waals surface area contributed by atoms with E-state index in [1.807, 2.05) is 39.0 Å². The van der Waals surface area contributed by atoms with E-state index in [9.17, 15) is 0 Å². The highest BCUT2D eigenvalue weighted by molar-refractivity contribution is 6.22. The molecule has 0 N–H and O–H groups in total. The third-order valence-electron chi connectivity index (χ3n) is 2.91. The third-order valence-corrected chi connectivity index (χ3v) is 3.38. The molecule has 2 aromatic rings. The largest absolute Gasteiger partial charge is 0.494 e. The molecule has 0 radical (unpaired) electrons. The van der Waals surface area contributed by atoms with Gasteiger partial charge in [0.1, 0.15) is 11.5 Å². The van der Waals surface area contributed by atoms with Crippen molar-refractivity contribution in [1.82, 2.24) is 0 Å². The Morgan fingerprint density at radius 2 is 2.00 bits per heavy atom. The molecule has 18 heavy (non-hydrogen) atoms. The van der Waals surface area contributed by atoms with Crippen LogP contribution in [-0.4, -0.2) is 6.61 Å². The molecule has 0 aliphatic carbocycles. The van der Waals surface area contributed by atoms with Crippen molar-refractivity contribution >= 4 is 11.6 Å². The number of alkyl halides is 1. The Labute approximate surface area is 113 Å². The minimum Gasteiger partial charge on any atom is -0.494 e. The van der Waals surface area contributed by atoms with Gasteiger partial charge in [0.25, 0.3) is 0 Å². The van der Waals surface area contributed by atoms with E-state index in [-0.39, 0.29) is 5.38 Å². The Kier molecular flexibility index (Phi) is 3.97. The van der Waals surface area contributed by atoms with Crippen LogP contribution in [0.5, 0.6) is 5.75 Å². The first-order chi connectivity index (χ1) is 8.63. The molecule has 0 fully saturated rings. The molecule has 1 atom stereocenters. The van der Waals surface area contributed by atoms with Gasteiger partial charge in [0.05, 0.1) is 18.2 Å². The van der Waals surface area contributed by atoms with Crippen LogP contribution in [0.25, 0.3) is 0 Å². The zero-order chi connectivity index (χ0) is 13.1. The molecule has 1 aromatic carbocycles. The van der Waals surface area contributed by atoms with Crippen molar-refractivity contribution in [2.45, 2.75) is 26.1 Å². The van der Waals surface area contributed by atoms with Gasteiger partial charge < -0.3 is 9.15 Å². The lowest BCUT2D eigenvalue weighted by Gasteiger charge is -2.15. The summed E-state index contributed by atoms with van der Waals surface area (Å²) < 4.78 is 10.9. The average Bonchev–Trinajstić information content (AvgIpc) is 2.77. The molecule has 0 spiro atoms. The number of aryl methyl sites for hydroxylation is 2. The van der Waals surface area contributed by atoms with Crippen molar-refractivity contribution in [2.24, 2.45) is 0 Å². The van der Waals surface area contributed by atoms with Gasteiger partial charge in [-0.05, 0) is 32.9 Å². The highest BCUT2D eigenvalue weighted by Crippen LogP contribution is 2.37. The number of furan rings is 1. The fourth-order valence-corrected chi connectivity index (χ4v) is 2.38. The van der Waals surface area contributed by atoms with Crippen LogP contribution < -0.4 is 4.74 Å². The monoisotopic (exact) mass is 264 g/mol. The summed E-state index contributed by atoms with van der Waals surface area (Å²) in [5.74, 6) is 1.68. The van der Waals surface area contributed by atoms with Crippen LogP contribution in [0.1, 0.15) is 34.8 Å². The van der Waals surface area contributed by atoms with Gasteiger partial charge in [-0.3, -0.25) is 0 Å². The van der Waals surface area contributed by atoms with Crippen LogP contribution in [0.2, 0.25) is 0 Å². The summed E-state index contributed by atoms with van der Waals surface area (Å²) in [4.78, 5) is 0. The fraction of sp³-hybridized carbons (Fsp3) is 0.333. The van der Waals surface area contributed by atoms with E-state index in [1.165, 1.54) is 5.56 Å². The molecule has 1 heterocycles. The third kappa shape index (κ3) is 2.54. The SMILES string of the molecule is CCOc1ccc(C)cc1C(Cl)c1ccoc1C. The predicted octanol–water partition coefficient (Wildman–Crippen LogP) is 4.62. The van der Waals surface area contributed by atoms with Gasteiger partial charge in [0.2, 0.25) is 0 Å². The van der Waals surface area contributed by atoms with Gasteiger partial charge in [-0.15, -0.1) is 11.6 Å². The minimum absolute atomic E-state index is 0.245. The van der Waals surface area contributed by atoms with Crippen LogP contribution in [0.15, 0.2) is 34.9 Å². The Hall–Kier alpha value is -1.41. The van der Waals surface area contributed by atoms with Gasteiger partial charge in [-0.25, -0.2) is 0 Å². The Morgan fingerprint density at radius 1 is 1.22 bits per heavy atom. The van der Waals surface area contributed by atoms with E-state index in [0.717, 1.165) is 22.6 Å². The molecule has 2 rings (SSSR count). The van der Waals surface area contributed by atoms with E-state index < -0.39 is 0 Å². The molecule has 0 amide bonds. The highest BCUT2D eigenvalue weighted by Gasteiger charge is 2.19. The van der Waals surface area contributed by atoms with Gasteiger partial charge in [0.15, 0.2) is 0 Å². The van der Waals surface area contributed by atoms with Crippen LogP contribution in [-0.2, 0) is 0 Å². The molecular weight excluding hydrogens is 248 g/mol. The minimum atomic E-state index is -0.245. The molecule has 0 aliphatic rings. The topological polar surface area (TPSA) is 22.4 Å². The van der Waals surface area contributed by atoms with Crippen molar-refractivity contribution in [2.75, 3.05) is 6.61 Å². The maximum absolute atomic E-state index is 6.55. The summed E-state index contributed by atoms with van der Waals surface area (Å²) >= 11 is 6.55. The first-order valence-corrected chi connectivity index (χ1v) is 6.48. The van der Waals surface area contributed by atoms with Crippen LogP contribution in [0.4, 0.5) is 0 Å². The maximum atomic E-state index is 6.55. The Bertz CT molecular complexity index is 531. The molecule has 3 heteroatoms. The van der Waals surface area contributed by atoms with Gasteiger partial charge in [-0.1, -0.05) is 17.7 Å². The number of ether oxygens (including phenoxy) is 1. The normalized spacial score (nSPS) is 12.4. The molecule has 0 aliphatic heterocycles. The second-order valence-corrected chi connectivity index (χ2v) is 4.71. The number of rotatable bonds is 4. The van der Waals surface area contributed by atoms with E-state index in [4.69, 9.17) is 20.8 Å². The molecule has 1 unspecified atom stereocenters. The summed E-state index contributed by atoms with van der Waals surface area (Å²) in [5, 5.41) is -0.245. The number of halogens is 1. The summed E-state index contributed by atoms with van der Waals surface area (Å²) in [7, 11) is 0. The van der Waals surface area contributed by atoms with Gasteiger partial charge in [0, 0.05) is 11.1 Å². The summed E-state index contributed by atoms with van der Waals surface area (Å²) in [6, 6.07) is 7.97. The van der Waals surface area contributed by atoms with Crippen LogP contribution in [0.3, 0.4) is 0 Å². The summed E-state index contributed by atoms with van der Waals surface area (Å²) in [6.07, 6.45) is 1.66. The standard InChI is InChI=1S/C15H17ClO2/c1-4-17-14-6-5-10(2)9-13(14)15(16)12-7-8-18-11(12)3/h5-9,15H,4H2,1-3H3. The van der Waals surface area contributed by atoms with Crippen molar-refractivity contribution in [3.8, 4) is 5.75 Å². The van der Waals surface area contributed by atoms with Crippen molar-refractivity contribution in [3.05, 3.63) is 53.0 Å². The van der Waals surface area contributed by atoms with Crippen molar-refractivity contribution < 1.29 is 9.15 Å². The van der Waals surface area contributed by atoms with Gasteiger partial charge >= 0.3 is 0 Å². The highest BCUT2D eigenvalue weighted by atomic mass is 35.5. The molecule has 0 bridgehead atoms. The lowest BCUT2D eigenvalue weighted by atomic mass is 10.0. The number of benzene rings is 1. The van der Waals surface area contributed by atoms with Crippen LogP contribution in [0, 0.1) is 13.8 Å². The first kappa shape index (κ1) is 13.0. The van der Waals surface area contributed by atoms with Crippen LogP contribution >= 0.6 is 11.6 Å². The fourth-order valence-electron chi connectivity index (χ4n) is 1.98. The quantitative estimate of drug-likeness (QED) is 0.752. The second kappa shape index (κ2) is 5.49. The molecule has 96 valence electrons. The zero-order valence-electron chi connectivity index (χ0n) is 10.9. The van der Waals surface area contributed by atoms with E-state index >= 15 is 0 Å². The number of hydrogen-bond donors (Lipinski definition) is 0. The van der Waals surface area contributed by atoms with E-state index in [0.29, 0.717) is 6.61 Å². The number of hydrogen-bond acceptors (Lipinski definition) is 2. The summed E-state index contributed by atoms with van der Waals surface area (Å²) in [5.41, 5.74) is 3.14. The predicted molar refractivity (Wildman–Crippen MR) is 73.5 cm³/mol. The van der Waals surface area contributed by atoms with E-state index in [1.54, 1.807) is 6.26 Å². The van der Waals surface area contributed by atoms with Gasteiger partial charge in [-0.2, -0.15) is 0 Å². The second-order valence-electron chi connectivity index (χ2n) is 4.27. The molecular formula is C15H17ClO2. The smallest absolute Gasteiger partial charge is 0.124 e.